The normalized spacial score (nSPS) is 10.3. The topological polar surface area (TPSA) is 15.3 Å². The first-order valence-corrected chi connectivity index (χ1v) is 6.88. The monoisotopic (exact) mass is 294 g/mol. The van der Waals surface area contributed by atoms with E-state index in [4.69, 9.17) is 23.2 Å². The molecule has 0 unspecified atom stereocenters. The van der Waals surface area contributed by atoms with Crippen LogP contribution in [0.15, 0.2) is 48.5 Å². The Morgan fingerprint density at radius 1 is 1.00 bits per heavy atom. The Kier molecular flexibility index (Phi) is 4.94. The highest BCUT2D eigenvalue weighted by Gasteiger charge is 2.04. The number of nitrogens with zero attached hydrogens (tertiary/aromatic N) is 1. The van der Waals surface area contributed by atoms with Crippen molar-refractivity contribution in [2.45, 2.75) is 0 Å². The summed E-state index contributed by atoms with van der Waals surface area (Å²) in [5, 5.41) is 4.44. The number of benzene rings is 2. The summed E-state index contributed by atoms with van der Waals surface area (Å²) in [4.78, 5) is 2.19. The van der Waals surface area contributed by atoms with Crippen LogP contribution in [-0.2, 0) is 0 Å². The number of hydrogen-bond acceptors (Lipinski definition) is 2. The van der Waals surface area contributed by atoms with E-state index in [1.165, 1.54) is 5.69 Å². The maximum absolute atomic E-state index is 6.12. The molecule has 2 nitrogen and oxygen atoms in total. The minimum atomic E-state index is 0.572. The third-order valence-corrected chi connectivity index (χ3v) is 3.73. The van der Waals surface area contributed by atoms with Crippen LogP contribution in [0, 0.1) is 0 Å². The SMILES string of the molecule is CN(CCNc1cccc(Cl)c1Cl)c1ccccc1. The lowest BCUT2D eigenvalue weighted by Gasteiger charge is -2.20. The van der Waals surface area contributed by atoms with E-state index in [-0.39, 0.29) is 0 Å². The molecule has 0 bridgehead atoms. The van der Waals surface area contributed by atoms with Gasteiger partial charge in [0.1, 0.15) is 0 Å². The summed E-state index contributed by atoms with van der Waals surface area (Å²) < 4.78 is 0. The summed E-state index contributed by atoms with van der Waals surface area (Å²) in [7, 11) is 2.07. The Hall–Kier alpha value is -1.38. The molecule has 0 atom stereocenters. The third-order valence-electron chi connectivity index (χ3n) is 2.91. The molecule has 4 heteroatoms. The van der Waals surface area contributed by atoms with Gasteiger partial charge >= 0.3 is 0 Å². The highest BCUT2D eigenvalue weighted by Crippen LogP contribution is 2.29. The van der Waals surface area contributed by atoms with Gasteiger partial charge in [0.2, 0.25) is 0 Å². The molecule has 0 fully saturated rings. The van der Waals surface area contributed by atoms with Crippen LogP contribution in [0.3, 0.4) is 0 Å². The summed E-state index contributed by atoms with van der Waals surface area (Å²) in [6, 6.07) is 15.9. The van der Waals surface area contributed by atoms with E-state index in [1.54, 1.807) is 6.07 Å². The van der Waals surface area contributed by atoms with E-state index in [9.17, 15) is 0 Å². The summed E-state index contributed by atoms with van der Waals surface area (Å²) >= 11 is 12.1. The van der Waals surface area contributed by atoms with Crippen molar-refractivity contribution in [1.29, 1.82) is 0 Å². The standard InChI is InChI=1S/C15H16Cl2N2/c1-19(12-6-3-2-4-7-12)11-10-18-14-9-5-8-13(16)15(14)17/h2-9,18H,10-11H2,1H3. The Bertz CT molecular complexity index is 529. The largest absolute Gasteiger partial charge is 0.382 e. The fourth-order valence-electron chi connectivity index (χ4n) is 1.81. The quantitative estimate of drug-likeness (QED) is 0.871. The van der Waals surface area contributed by atoms with Gasteiger partial charge < -0.3 is 10.2 Å². The molecular formula is C15H16Cl2N2. The van der Waals surface area contributed by atoms with Gasteiger partial charge in [0.05, 0.1) is 15.7 Å². The van der Waals surface area contributed by atoms with Crippen molar-refractivity contribution in [3.63, 3.8) is 0 Å². The fraction of sp³-hybridized carbons (Fsp3) is 0.200. The smallest absolute Gasteiger partial charge is 0.0823 e. The number of hydrogen-bond donors (Lipinski definition) is 1. The molecule has 0 aliphatic heterocycles. The molecular weight excluding hydrogens is 279 g/mol. The highest BCUT2D eigenvalue weighted by molar-refractivity contribution is 6.43. The molecule has 2 aromatic rings. The lowest BCUT2D eigenvalue weighted by atomic mass is 10.3. The zero-order valence-electron chi connectivity index (χ0n) is 10.7. The second-order valence-electron chi connectivity index (χ2n) is 4.29. The van der Waals surface area contributed by atoms with Crippen molar-refractivity contribution >= 4 is 34.6 Å². The van der Waals surface area contributed by atoms with Crippen LogP contribution in [0.5, 0.6) is 0 Å². The molecule has 1 N–H and O–H groups in total. The molecule has 0 saturated heterocycles. The van der Waals surface area contributed by atoms with Crippen molar-refractivity contribution in [2.24, 2.45) is 0 Å². The van der Waals surface area contributed by atoms with Crippen LogP contribution in [0.1, 0.15) is 0 Å². The van der Waals surface area contributed by atoms with E-state index in [0.717, 1.165) is 18.8 Å². The summed E-state index contributed by atoms with van der Waals surface area (Å²) in [5.41, 5.74) is 2.07. The fourth-order valence-corrected chi connectivity index (χ4v) is 2.18. The summed E-state index contributed by atoms with van der Waals surface area (Å²) in [6.07, 6.45) is 0. The Morgan fingerprint density at radius 3 is 2.47 bits per heavy atom. The molecule has 19 heavy (non-hydrogen) atoms. The molecule has 100 valence electrons. The molecule has 0 radical (unpaired) electrons. The van der Waals surface area contributed by atoms with Gasteiger partial charge in [-0.3, -0.25) is 0 Å². The van der Waals surface area contributed by atoms with Crippen LogP contribution < -0.4 is 10.2 Å². The zero-order chi connectivity index (χ0) is 13.7. The molecule has 2 rings (SSSR count). The lowest BCUT2D eigenvalue weighted by molar-refractivity contribution is 0.915. The van der Waals surface area contributed by atoms with Gasteiger partial charge in [0, 0.05) is 25.8 Å². The summed E-state index contributed by atoms with van der Waals surface area (Å²) in [6.45, 7) is 1.68. The summed E-state index contributed by atoms with van der Waals surface area (Å²) in [5.74, 6) is 0. The van der Waals surface area contributed by atoms with Gasteiger partial charge in [-0.25, -0.2) is 0 Å². The van der Waals surface area contributed by atoms with E-state index >= 15 is 0 Å². The van der Waals surface area contributed by atoms with Crippen LogP contribution in [0.4, 0.5) is 11.4 Å². The maximum Gasteiger partial charge on any atom is 0.0823 e. The van der Waals surface area contributed by atoms with E-state index < -0.39 is 0 Å². The molecule has 2 aromatic carbocycles. The van der Waals surface area contributed by atoms with Crippen LogP contribution >= 0.6 is 23.2 Å². The first-order chi connectivity index (χ1) is 9.18. The minimum Gasteiger partial charge on any atom is -0.382 e. The van der Waals surface area contributed by atoms with Gasteiger partial charge in [-0.1, -0.05) is 47.5 Å². The van der Waals surface area contributed by atoms with Crippen molar-refractivity contribution in [3.05, 3.63) is 58.6 Å². The molecule has 0 heterocycles. The number of halogens is 2. The second kappa shape index (κ2) is 6.69. The number of nitrogens with one attached hydrogen (secondary N) is 1. The van der Waals surface area contributed by atoms with E-state index in [1.807, 2.05) is 30.3 Å². The number of rotatable bonds is 5. The average molecular weight is 295 g/mol. The van der Waals surface area contributed by atoms with Gasteiger partial charge in [-0.05, 0) is 24.3 Å². The van der Waals surface area contributed by atoms with Crippen molar-refractivity contribution in [2.75, 3.05) is 30.4 Å². The second-order valence-corrected chi connectivity index (χ2v) is 5.07. The zero-order valence-corrected chi connectivity index (χ0v) is 12.2. The molecule has 0 aromatic heterocycles. The van der Waals surface area contributed by atoms with Gasteiger partial charge in [0.15, 0.2) is 0 Å². The maximum atomic E-state index is 6.12. The van der Waals surface area contributed by atoms with Crippen LogP contribution in [0.2, 0.25) is 10.0 Å². The molecule has 0 saturated carbocycles. The Labute approximate surface area is 123 Å². The van der Waals surface area contributed by atoms with Gasteiger partial charge in [0.25, 0.3) is 0 Å². The van der Waals surface area contributed by atoms with E-state index in [2.05, 4.69) is 29.4 Å². The van der Waals surface area contributed by atoms with Crippen molar-refractivity contribution in [1.82, 2.24) is 0 Å². The number of anilines is 2. The van der Waals surface area contributed by atoms with Crippen molar-refractivity contribution < 1.29 is 0 Å². The number of para-hydroxylation sites is 1. The third kappa shape index (κ3) is 3.79. The Morgan fingerprint density at radius 2 is 1.74 bits per heavy atom. The van der Waals surface area contributed by atoms with Crippen LogP contribution in [-0.4, -0.2) is 20.1 Å². The average Bonchev–Trinajstić information content (AvgIpc) is 2.44. The lowest BCUT2D eigenvalue weighted by Crippen LogP contribution is -2.24. The molecule has 0 aliphatic carbocycles. The number of likely N-dealkylation sites (N-methyl/N-ethyl adjacent to an activating group) is 1. The highest BCUT2D eigenvalue weighted by atomic mass is 35.5. The first kappa shape index (κ1) is 14.0. The first-order valence-electron chi connectivity index (χ1n) is 6.12. The van der Waals surface area contributed by atoms with Crippen LogP contribution in [0.25, 0.3) is 0 Å². The van der Waals surface area contributed by atoms with Gasteiger partial charge in [-0.2, -0.15) is 0 Å². The van der Waals surface area contributed by atoms with Gasteiger partial charge in [-0.15, -0.1) is 0 Å². The molecule has 0 amide bonds. The minimum absolute atomic E-state index is 0.572. The predicted molar refractivity (Wildman–Crippen MR) is 84.7 cm³/mol. The van der Waals surface area contributed by atoms with E-state index in [0.29, 0.717) is 10.0 Å². The molecule has 0 aliphatic rings. The molecule has 0 spiro atoms. The predicted octanol–water partition coefficient (Wildman–Crippen LogP) is 4.54. The Balaban J connectivity index is 1.88. The van der Waals surface area contributed by atoms with Crippen molar-refractivity contribution in [3.8, 4) is 0 Å².